The first kappa shape index (κ1) is 15.9. The van der Waals surface area contributed by atoms with Crippen molar-refractivity contribution in [2.45, 2.75) is 19.4 Å². The molecule has 1 aliphatic rings. The zero-order valence-corrected chi connectivity index (χ0v) is 13.4. The molecule has 1 saturated heterocycles. The number of nitro benzene ring substituents is 1. The highest BCUT2D eigenvalue weighted by molar-refractivity contribution is 9.10. The maximum atomic E-state index is 11.7. The van der Waals surface area contributed by atoms with E-state index >= 15 is 0 Å². The second-order valence-electron chi connectivity index (χ2n) is 5.20. The summed E-state index contributed by atoms with van der Waals surface area (Å²) in [5.41, 5.74) is 0.953. The number of likely N-dealkylation sites (tertiary alicyclic amines) is 1. The lowest BCUT2D eigenvalue weighted by Crippen LogP contribution is -2.41. The summed E-state index contributed by atoms with van der Waals surface area (Å²) in [6, 6.07) is 5.05. The van der Waals surface area contributed by atoms with Gasteiger partial charge in [-0.1, -0.05) is 12.1 Å². The highest BCUT2D eigenvalue weighted by Gasteiger charge is 2.26. The monoisotopic (exact) mass is 355 g/mol. The second kappa shape index (κ2) is 7.00. The first-order valence-electron chi connectivity index (χ1n) is 6.88. The average molecular weight is 356 g/mol. The molecule has 1 aromatic rings. The molecule has 1 amide bonds. The van der Waals surface area contributed by atoms with Crippen molar-refractivity contribution in [2.75, 3.05) is 20.1 Å². The van der Waals surface area contributed by atoms with Crippen molar-refractivity contribution < 1.29 is 9.72 Å². The van der Waals surface area contributed by atoms with Gasteiger partial charge < -0.3 is 5.32 Å². The van der Waals surface area contributed by atoms with Gasteiger partial charge in [0.05, 0.1) is 15.3 Å². The lowest BCUT2D eigenvalue weighted by Gasteiger charge is -2.31. The van der Waals surface area contributed by atoms with E-state index in [9.17, 15) is 14.9 Å². The predicted molar refractivity (Wildman–Crippen MR) is 82.9 cm³/mol. The van der Waals surface area contributed by atoms with E-state index in [-0.39, 0.29) is 17.5 Å². The van der Waals surface area contributed by atoms with Crippen LogP contribution in [-0.4, -0.2) is 35.9 Å². The Morgan fingerprint density at radius 1 is 1.57 bits per heavy atom. The number of carbonyl (C=O) groups is 1. The number of nitro groups is 1. The zero-order valence-electron chi connectivity index (χ0n) is 11.8. The molecule has 21 heavy (non-hydrogen) atoms. The summed E-state index contributed by atoms with van der Waals surface area (Å²) in [5.74, 6) is 0.0685. The normalized spacial score (nSPS) is 19.2. The molecule has 1 aromatic carbocycles. The highest BCUT2D eigenvalue weighted by atomic mass is 79.9. The molecule has 1 unspecified atom stereocenters. The van der Waals surface area contributed by atoms with Crippen LogP contribution in [0.1, 0.15) is 18.4 Å². The van der Waals surface area contributed by atoms with Gasteiger partial charge in [0.15, 0.2) is 0 Å². The summed E-state index contributed by atoms with van der Waals surface area (Å²) in [5, 5.41) is 13.6. The number of benzene rings is 1. The van der Waals surface area contributed by atoms with Crippen LogP contribution in [0.2, 0.25) is 0 Å². The summed E-state index contributed by atoms with van der Waals surface area (Å²) in [7, 11) is 1.65. The molecule has 0 spiro atoms. The van der Waals surface area contributed by atoms with Gasteiger partial charge in [0, 0.05) is 26.2 Å². The Morgan fingerprint density at radius 2 is 2.33 bits per heavy atom. The van der Waals surface area contributed by atoms with E-state index in [4.69, 9.17) is 0 Å². The zero-order chi connectivity index (χ0) is 15.4. The maximum absolute atomic E-state index is 11.7. The van der Waals surface area contributed by atoms with Crippen molar-refractivity contribution >= 4 is 27.5 Å². The van der Waals surface area contributed by atoms with E-state index in [2.05, 4.69) is 26.1 Å². The van der Waals surface area contributed by atoms with E-state index in [1.807, 2.05) is 6.07 Å². The van der Waals surface area contributed by atoms with Crippen LogP contribution in [0.5, 0.6) is 0 Å². The Bertz CT molecular complexity index is 550. The van der Waals surface area contributed by atoms with Gasteiger partial charge in [0.25, 0.3) is 5.69 Å². The molecule has 7 heteroatoms. The van der Waals surface area contributed by atoms with Gasteiger partial charge in [-0.3, -0.25) is 19.8 Å². The van der Waals surface area contributed by atoms with Gasteiger partial charge in [-0.2, -0.15) is 0 Å². The fourth-order valence-electron chi connectivity index (χ4n) is 2.69. The van der Waals surface area contributed by atoms with E-state index in [1.165, 1.54) is 6.07 Å². The third kappa shape index (κ3) is 3.79. The minimum Gasteiger partial charge on any atom is -0.359 e. The molecule has 0 radical (unpaired) electrons. The molecular weight excluding hydrogens is 338 g/mol. The molecule has 1 heterocycles. The molecule has 0 aliphatic carbocycles. The Morgan fingerprint density at radius 3 is 3.00 bits per heavy atom. The number of nitrogens with one attached hydrogen (secondary N) is 1. The topological polar surface area (TPSA) is 75.5 Å². The smallest absolute Gasteiger partial charge is 0.283 e. The fraction of sp³-hybridized carbons (Fsp3) is 0.500. The van der Waals surface area contributed by atoms with Gasteiger partial charge >= 0.3 is 0 Å². The third-order valence-corrected chi connectivity index (χ3v) is 4.69. The number of halogens is 1. The van der Waals surface area contributed by atoms with Crippen molar-refractivity contribution in [2.24, 2.45) is 5.92 Å². The average Bonchev–Trinajstić information content (AvgIpc) is 2.48. The molecule has 0 aromatic heterocycles. The molecular formula is C14H18BrN3O3. The van der Waals surface area contributed by atoms with E-state index in [0.29, 0.717) is 17.6 Å². The molecule has 2 rings (SSSR count). The highest BCUT2D eigenvalue weighted by Crippen LogP contribution is 2.30. The molecule has 114 valence electrons. The van der Waals surface area contributed by atoms with Crippen LogP contribution in [0.3, 0.4) is 0 Å². The van der Waals surface area contributed by atoms with Gasteiger partial charge in [-0.05, 0) is 40.9 Å². The number of piperidine rings is 1. The molecule has 1 fully saturated rings. The van der Waals surface area contributed by atoms with Crippen molar-refractivity contribution in [1.82, 2.24) is 10.2 Å². The van der Waals surface area contributed by atoms with Gasteiger partial charge in [0.1, 0.15) is 0 Å². The second-order valence-corrected chi connectivity index (χ2v) is 5.99. The maximum Gasteiger partial charge on any atom is 0.283 e. The Kier molecular flexibility index (Phi) is 5.30. The number of nitrogens with zero attached hydrogens (tertiary/aromatic N) is 2. The summed E-state index contributed by atoms with van der Waals surface area (Å²) >= 11 is 3.32. The van der Waals surface area contributed by atoms with Gasteiger partial charge in [-0.15, -0.1) is 0 Å². The number of carbonyl (C=O) groups excluding carboxylic acids is 1. The molecule has 1 aliphatic heterocycles. The first-order chi connectivity index (χ1) is 10.0. The predicted octanol–water partition coefficient (Wildman–Crippen LogP) is 2.32. The standard InChI is InChI=1S/C14H18BrN3O3/c1-16-14(19)11-5-3-7-17(9-11)8-10-4-2-6-12(13(10)15)18(20)21/h2,4,6,11H,3,5,7-9H2,1H3,(H,16,19). The van der Waals surface area contributed by atoms with Crippen LogP contribution in [0.4, 0.5) is 5.69 Å². The summed E-state index contributed by atoms with van der Waals surface area (Å²) in [6.07, 6.45) is 1.86. The Balaban J connectivity index is 2.09. The van der Waals surface area contributed by atoms with Crippen LogP contribution in [0.15, 0.2) is 22.7 Å². The lowest BCUT2D eigenvalue weighted by molar-refractivity contribution is -0.385. The number of amides is 1. The quantitative estimate of drug-likeness (QED) is 0.664. The third-order valence-electron chi connectivity index (χ3n) is 3.77. The molecule has 0 bridgehead atoms. The molecule has 0 saturated carbocycles. The summed E-state index contributed by atoms with van der Waals surface area (Å²) < 4.78 is 0.525. The Hall–Kier alpha value is -1.47. The van der Waals surface area contributed by atoms with Crippen molar-refractivity contribution in [3.63, 3.8) is 0 Å². The van der Waals surface area contributed by atoms with Crippen LogP contribution in [-0.2, 0) is 11.3 Å². The van der Waals surface area contributed by atoms with Crippen LogP contribution in [0.25, 0.3) is 0 Å². The van der Waals surface area contributed by atoms with Crippen molar-refractivity contribution in [3.05, 3.63) is 38.3 Å². The molecule has 1 atom stereocenters. The lowest BCUT2D eigenvalue weighted by atomic mass is 9.97. The number of hydrogen-bond acceptors (Lipinski definition) is 4. The fourth-order valence-corrected chi connectivity index (χ4v) is 3.22. The summed E-state index contributed by atoms with van der Waals surface area (Å²) in [4.78, 5) is 24.5. The van der Waals surface area contributed by atoms with Crippen LogP contribution < -0.4 is 5.32 Å². The van der Waals surface area contributed by atoms with E-state index in [1.54, 1.807) is 13.1 Å². The van der Waals surface area contributed by atoms with Crippen LogP contribution >= 0.6 is 15.9 Å². The summed E-state index contributed by atoms with van der Waals surface area (Å²) in [6.45, 7) is 2.20. The number of rotatable bonds is 4. The molecule has 6 nitrogen and oxygen atoms in total. The Labute approximate surface area is 131 Å². The van der Waals surface area contributed by atoms with Crippen LogP contribution in [0, 0.1) is 16.0 Å². The van der Waals surface area contributed by atoms with E-state index < -0.39 is 4.92 Å². The van der Waals surface area contributed by atoms with Gasteiger partial charge in [0.2, 0.25) is 5.91 Å². The van der Waals surface area contributed by atoms with Crippen molar-refractivity contribution in [1.29, 1.82) is 0 Å². The minimum atomic E-state index is -0.392. The largest absolute Gasteiger partial charge is 0.359 e. The number of hydrogen-bond donors (Lipinski definition) is 1. The van der Waals surface area contributed by atoms with Gasteiger partial charge in [-0.25, -0.2) is 0 Å². The molecule has 1 N–H and O–H groups in total. The minimum absolute atomic E-state index is 0.00113. The van der Waals surface area contributed by atoms with Crippen molar-refractivity contribution in [3.8, 4) is 0 Å². The first-order valence-corrected chi connectivity index (χ1v) is 7.68. The SMILES string of the molecule is CNC(=O)C1CCCN(Cc2cccc([N+](=O)[O-])c2Br)C1. The van der Waals surface area contributed by atoms with E-state index in [0.717, 1.165) is 24.9 Å².